The van der Waals surface area contributed by atoms with E-state index in [1.54, 1.807) is 7.05 Å². The van der Waals surface area contributed by atoms with Crippen molar-refractivity contribution in [3.63, 3.8) is 0 Å². The van der Waals surface area contributed by atoms with Crippen LogP contribution in [-0.2, 0) is 4.79 Å². The number of nitrogens with zero attached hydrogens (tertiary/aromatic N) is 1. The monoisotopic (exact) mass is 410 g/mol. The fourth-order valence-electron chi connectivity index (χ4n) is 2.76. The molecule has 0 heterocycles. The molecule has 0 aromatic heterocycles. The summed E-state index contributed by atoms with van der Waals surface area (Å²) in [5, 5.41) is 9.29. The first-order valence-electron chi connectivity index (χ1n) is 7.87. The summed E-state index contributed by atoms with van der Waals surface area (Å²) in [6.07, 6.45) is 7.42. The van der Waals surface area contributed by atoms with E-state index >= 15 is 0 Å². The lowest BCUT2D eigenvalue weighted by Crippen LogP contribution is -2.46. The van der Waals surface area contributed by atoms with Gasteiger partial charge in [-0.05, 0) is 31.1 Å². The summed E-state index contributed by atoms with van der Waals surface area (Å²) >= 11 is 0. The highest BCUT2D eigenvalue weighted by molar-refractivity contribution is 14.0. The van der Waals surface area contributed by atoms with Gasteiger partial charge in [0.25, 0.3) is 0 Å². The molecule has 0 saturated heterocycles. The highest BCUT2D eigenvalue weighted by atomic mass is 127. The first-order chi connectivity index (χ1) is 9.65. The van der Waals surface area contributed by atoms with Gasteiger partial charge in [-0.15, -0.1) is 24.0 Å². The number of amides is 1. The van der Waals surface area contributed by atoms with E-state index in [2.05, 4.69) is 27.9 Å². The van der Waals surface area contributed by atoms with E-state index in [1.807, 2.05) is 6.92 Å². The van der Waals surface area contributed by atoms with Gasteiger partial charge in [0.2, 0.25) is 5.91 Å². The van der Waals surface area contributed by atoms with Crippen LogP contribution >= 0.6 is 24.0 Å². The molecule has 21 heavy (non-hydrogen) atoms. The third-order valence-electron chi connectivity index (χ3n) is 4.26. The summed E-state index contributed by atoms with van der Waals surface area (Å²) in [7, 11) is 1.74. The van der Waals surface area contributed by atoms with Crippen LogP contribution in [-0.4, -0.2) is 38.5 Å². The maximum atomic E-state index is 11.5. The second-order valence-electron chi connectivity index (χ2n) is 5.69. The molecule has 1 amide bonds. The maximum absolute atomic E-state index is 11.5. The van der Waals surface area contributed by atoms with Gasteiger partial charge in [-0.2, -0.15) is 0 Å². The van der Waals surface area contributed by atoms with E-state index in [-0.39, 0.29) is 36.4 Å². The molecule has 0 aromatic carbocycles. The van der Waals surface area contributed by atoms with E-state index in [1.165, 1.54) is 32.1 Å². The van der Waals surface area contributed by atoms with Crippen molar-refractivity contribution in [1.82, 2.24) is 16.0 Å². The zero-order chi connectivity index (χ0) is 14.8. The number of carbonyl (C=O) groups is 1. The predicted octanol–water partition coefficient (Wildman–Crippen LogP) is 2.27. The third-order valence-corrected chi connectivity index (χ3v) is 4.26. The first-order valence-corrected chi connectivity index (χ1v) is 7.87. The fourth-order valence-corrected chi connectivity index (χ4v) is 2.76. The number of hydrogen-bond donors (Lipinski definition) is 3. The number of nitrogens with one attached hydrogen (secondary N) is 3. The lowest BCUT2D eigenvalue weighted by Gasteiger charge is -2.28. The SMILES string of the molecule is CCCNC(=O)CNC(=NC)NCC1(CC)CCCC1.I. The number of aliphatic imine (C=N–C) groups is 1. The maximum Gasteiger partial charge on any atom is 0.239 e. The molecular weight excluding hydrogens is 379 g/mol. The largest absolute Gasteiger partial charge is 0.356 e. The van der Waals surface area contributed by atoms with Crippen molar-refractivity contribution in [1.29, 1.82) is 0 Å². The molecule has 0 bridgehead atoms. The van der Waals surface area contributed by atoms with E-state index in [4.69, 9.17) is 0 Å². The van der Waals surface area contributed by atoms with Crippen LogP contribution in [0.25, 0.3) is 0 Å². The molecule has 3 N–H and O–H groups in total. The average molecular weight is 410 g/mol. The number of halogens is 1. The quantitative estimate of drug-likeness (QED) is 0.343. The minimum Gasteiger partial charge on any atom is -0.356 e. The van der Waals surface area contributed by atoms with Crippen molar-refractivity contribution in [2.75, 3.05) is 26.7 Å². The van der Waals surface area contributed by atoms with Crippen LogP contribution in [0.3, 0.4) is 0 Å². The van der Waals surface area contributed by atoms with Gasteiger partial charge in [-0.3, -0.25) is 9.79 Å². The van der Waals surface area contributed by atoms with Crippen LogP contribution in [0.15, 0.2) is 4.99 Å². The fraction of sp³-hybridized carbons (Fsp3) is 0.867. The lowest BCUT2D eigenvalue weighted by molar-refractivity contribution is -0.120. The Morgan fingerprint density at radius 3 is 2.33 bits per heavy atom. The van der Waals surface area contributed by atoms with Crippen molar-refractivity contribution in [3.05, 3.63) is 0 Å². The van der Waals surface area contributed by atoms with Gasteiger partial charge >= 0.3 is 0 Å². The Bertz CT molecular complexity index is 328. The van der Waals surface area contributed by atoms with Crippen LogP contribution < -0.4 is 16.0 Å². The molecule has 0 aliphatic heterocycles. The summed E-state index contributed by atoms with van der Waals surface area (Å²) in [5.74, 6) is 0.734. The second kappa shape index (κ2) is 11.1. The summed E-state index contributed by atoms with van der Waals surface area (Å²) in [5.41, 5.74) is 0.419. The lowest BCUT2D eigenvalue weighted by atomic mass is 9.83. The summed E-state index contributed by atoms with van der Waals surface area (Å²) in [4.78, 5) is 15.7. The Labute approximate surface area is 146 Å². The van der Waals surface area contributed by atoms with Crippen LogP contribution in [0.4, 0.5) is 0 Å². The molecule has 0 spiro atoms. The summed E-state index contributed by atoms with van der Waals surface area (Å²) < 4.78 is 0. The van der Waals surface area contributed by atoms with E-state index in [0.717, 1.165) is 25.5 Å². The Morgan fingerprint density at radius 1 is 1.14 bits per heavy atom. The molecule has 0 radical (unpaired) electrons. The van der Waals surface area contributed by atoms with Gasteiger partial charge in [-0.25, -0.2) is 0 Å². The standard InChI is InChI=1S/C15H30N4O.HI/c1-4-10-17-13(20)11-18-14(16-3)19-12-15(5-2)8-6-7-9-15;/h4-12H2,1-3H3,(H,17,20)(H2,16,18,19);1H. The van der Waals surface area contributed by atoms with Crippen LogP contribution in [0, 0.1) is 5.41 Å². The van der Waals surface area contributed by atoms with Crippen LogP contribution in [0.5, 0.6) is 0 Å². The normalized spacial score (nSPS) is 17.0. The molecule has 6 heteroatoms. The van der Waals surface area contributed by atoms with Gasteiger partial charge < -0.3 is 16.0 Å². The van der Waals surface area contributed by atoms with Gasteiger partial charge in [0.15, 0.2) is 5.96 Å². The van der Waals surface area contributed by atoms with Gasteiger partial charge in [-0.1, -0.05) is 26.7 Å². The van der Waals surface area contributed by atoms with Crippen molar-refractivity contribution >= 4 is 35.8 Å². The van der Waals surface area contributed by atoms with E-state index < -0.39 is 0 Å². The molecule has 5 nitrogen and oxygen atoms in total. The molecule has 1 saturated carbocycles. The van der Waals surface area contributed by atoms with Crippen molar-refractivity contribution in [3.8, 4) is 0 Å². The van der Waals surface area contributed by atoms with E-state index in [9.17, 15) is 4.79 Å². The van der Waals surface area contributed by atoms with Crippen LogP contribution in [0.1, 0.15) is 52.4 Å². The van der Waals surface area contributed by atoms with Crippen molar-refractivity contribution < 1.29 is 4.79 Å². The van der Waals surface area contributed by atoms with Crippen molar-refractivity contribution in [2.24, 2.45) is 10.4 Å². The minimum absolute atomic E-state index is 0. The van der Waals surface area contributed by atoms with Crippen LogP contribution in [0.2, 0.25) is 0 Å². The number of rotatable bonds is 7. The highest BCUT2D eigenvalue weighted by Gasteiger charge is 2.31. The summed E-state index contributed by atoms with van der Waals surface area (Å²) in [6.45, 7) is 6.26. The molecule has 0 unspecified atom stereocenters. The number of guanidine groups is 1. The van der Waals surface area contributed by atoms with Crippen molar-refractivity contribution in [2.45, 2.75) is 52.4 Å². The topological polar surface area (TPSA) is 65.5 Å². The molecule has 1 aliphatic rings. The third kappa shape index (κ3) is 7.33. The Hall–Kier alpha value is -0.530. The van der Waals surface area contributed by atoms with Gasteiger partial charge in [0.1, 0.15) is 0 Å². The minimum atomic E-state index is 0. The summed E-state index contributed by atoms with van der Waals surface area (Å²) in [6, 6.07) is 0. The Kier molecular flexibility index (Phi) is 10.8. The molecule has 1 rings (SSSR count). The Morgan fingerprint density at radius 2 is 1.81 bits per heavy atom. The Balaban J connectivity index is 0.00000400. The number of carbonyl (C=O) groups excluding carboxylic acids is 1. The molecule has 1 fully saturated rings. The number of hydrogen-bond acceptors (Lipinski definition) is 2. The molecule has 0 atom stereocenters. The molecule has 1 aliphatic carbocycles. The first kappa shape index (κ1) is 20.5. The zero-order valence-corrected chi connectivity index (χ0v) is 16.0. The second-order valence-corrected chi connectivity index (χ2v) is 5.69. The van der Waals surface area contributed by atoms with Gasteiger partial charge in [0.05, 0.1) is 6.54 Å². The van der Waals surface area contributed by atoms with E-state index in [0.29, 0.717) is 5.41 Å². The average Bonchev–Trinajstić information content (AvgIpc) is 2.94. The smallest absolute Gasteiger partial charge is 0.239 e. The zero-order valence-electron chi connectivity index (χ0n) is 13.6. The molecule has 0 aromatic rings. The highest BCUT2D eigenvalue weighted by Crippen LogP contribution is 2.40. The predicted molar refractivity (Wildman–Crippen MR) is 99.3 cm³/mol. The molecule has 124 valence electrons. The van der Waals surface area contributed by atoms with Gasteiger partial charge in [0, 0.05) is 20.1 Å². The molecular formula is C15H31IN4O.